The van der Waals surface area contributed by atoms with Gasteiger partial charge in [-0.3, -0.25) is 14.5 Å². The first-order chi connectivity index (χ1) is 15.9. The number of imide groups is 1. The highest BCUT2D eigenvalue weighted by atomic mass is 16.5. The number of hydrogen-bond donors (Lipinski definition) is 3. The molecule has 1 spiro atoms. The zero-order valence-electron chi connectivity index (χ0n) is 20.4. The van der Waals surface area contributed by atoms with Gasteiger partial charge in [0.2, 0.25) is 0 Å². The molecule has 11 nitrogen and oxygen atoms in total. The van der Waals surface area contributed by atoms with Crippen LogP contribution in [0.25, 0.3) is 0 Å². The van der Waals surface area contributed by atoms with Gasteiger partial charge in [0.1, 0.15) is 18.7 Å². The molecule has 0 aromatic carbocycles. The lowest BCUT2D eigenvalue weighted by atomic mass is 9.64. The van der Waals surface area contributed by atoms with E-state index < -0.39 is 54.6 Å². The zero-order valence-corrected chi connectivity index (χ0v) is 20.4. The van der Waals surface area contributed by atoms with Crippen molar-refractivity contribution in [3.8, 4) is 0 Å². The number of urea groups is 2. The molecule has 0 bridgehead atoms. The van der Waals surface area contributed by atoms with Crippen LogP contribution in [0.2, 0.25) is 0 Å². The fraction of sp³-hybridized carbons (Fsp3) is 0.696. The van der Waals surface area contributed by atoms with Crippen LogP contribution in [0.4, 0.5) is 9.59 Å². The molecule has 5 amide bonds. The molecule has 11 heteroatoms. The molecule has 1 saturated heterocycles. The second kappa shape index (κ2) is 9.63. The third-order valence-corrected chi connectivity index (χ3v) is 6.44. The molecule has 0 aromatic rings. The third-order valence-electron chi connectivity index (χ3n) is 6.44. The number of hydrogen-bond acceptors (Lipinski definition) is 7. The largest absolute Gasteiger partial charge is 0.463 e. The average molecular weight is 479 g/mol. The van der Waals surface area contributed by atoms with E-state index in [0.29, 0.717) is 19.3 Å². The van der Waals surface area contributed by atoms with Gasteiger partial charge in [-0.05, 0) is 43.9 Å². The lowest BCUT2D eigenvalue weighted by molar-refractivity contribution is -0.148. The standard InChI is InChI=1S/C23H34N4O7/c1-6-14-17(18(29)33-7-2)15(25-20(31)24-14)11-34-16(28)10-27-19(30)23(26-21(27)32)9-13(3)8-22(4,5)12-23/h13-14H,6-12H2,1-5H3,(H,26,32)(H2,24,25,31). The molecule has 0 aromatic heterocycles. The Labute approximate surface area is 199 Å². The molecule has 3 atom stereocenters. The Morgan fingerprint density at radius 1 is 1.12 bits per heavy atom. The van der Waals surface area contributed by atoms with Gasteiger partial charge < -0.3 is 25.4 Å². The summed E-state index contributed by atoms with van der Waals surface area (Å²) in [6.45, 7) is 8.79. The van der Waals surface area contributed by atoms with Gasteiger partial charge in [0.05, 0.1) is 23.9 Å². The summed E-state index contributed by atoms with van der Waals surface area (Å²) in [7, 11) is 0. The lowest BCUT2D eigenvalue weighted by Crippen LogP contribution is -2.54. The van der Waals surface area contributed by atoms with Crippen molar-refractivity contribution in [2.75, 3.05) is 19.8 Å². The van der Waals surface area contributed by atoms with E-state index in [1.165, 1.54) is 0 Å². The van der Waals surface area contributed by atoms with Crippen LogP contribution in [0.3, 0.4) is 0 Å². The molecule has 188 valence electrons. The molecule has 0 radical (unpaired) electrons. The predicted octanol–water partition coefficient (Wildman–Crippen LogP) is 1.58. The van der Waals surface area contributed by atoms with Crippen molar-refractivity contribution in [1.29, 1.82) is 0 Å². The first-order valence-electron chi connectivity index (χ1n) is 11.7. The van der Waals surface area contributed by atoms with Crippen LogP contribution in [0, 0.1) is 11.3 Å². The second-order valence-electron chi connectivity index (χ2n) is 10.1. The quantitative estimate of drug-likeness (QED) is 0.372. The van der Waals surface area contributed by atoms with Crippen LogP contribution >= 0.6 is 0 Å². The highest BCUT2D eigenvalue weighted by Gasteiger charge is 2.56. The first kappa shape index (κ1) is 25.5. The maximum Gasteiger partial charge on any atom is 0.338 e. The van der Waals surface area contributed by atoms with E-state index in [1.807, 2.05) is 6.92 Å². The Balaban J connectivity index is 1.70. The Bertz CT molecular complexity index is 928. The van der Waals surface area contributed by atoms with Crippen molar-refractivity contribution in [3.63, 3.8) is 0 Å². The van der Waals surface area contributed by atoms with E-state index in [9.17, 15) is 24.0 Å². The Morgan fingerprint density at radius 3 is 2.44 bits per heavy atom. The summed E-state index contributed by atoms with van der Waals surface area (Å²) in [5.41, 5.74) is -0.867. The van der Waals surface area contributed by atoms with Crippen LogP contribution in [0.1, 0.15) is 60.3 Å². The Kier molecular flexibility index (Phi) is 7.23. The Hall–Kier alpha value is -3.11. The second-order valence-corrected chi connectivity index (χ2v) is 10.1. The fourth-order valence-corrected chi connectivity index (χ4v) is 5.55. The van der Waals surface area contributed by atoms with E-state index in [-0.39, 0.29) is 29.2 Å². The molecular formula is C23H34N4O7. The van der Waals surface area contributed by atoms with Gasteiger partial charge in [0, 0.05) is 0 Å². The number of amides is 5. The summed E-state index contributed by atoms with van der Waals surface area (Å²) in [5.74, 6) is -1.65. The van der Waals surface area contributed by atoms with Gasteiger partial charge in [0.15, 0.2) is 0 Å². The maximum absolute atomic E-state index is 13.2. The maximum atomic E-state index is 13.2. The van der Waals surface area contributed by atoms with Gasteiger partial charge in [-0.15, -0.1) is 0 Å². The summed E-state index contributed by atoms with van der Waals surface area (Å²) < 4.78 is 10.3. The fourth-order valence-electron chi connectivity index (χ4n) is 5.55. The number of carbonyl (C=O) groups is 5. The molecule has 1 aliphatic carbocycles. The smallest absolute Gasteiger partial charge is 0.338 e. The number of nitrogens with one attached hydrogen (secondary N) is 3. The summed E-state index contributed by atoms with van der Waals surface area (Å²) >= 11 is 0. The lowest BCUT2D eigenvalue weighted by Gasteiger charge is -2.43. The van der Waals surface area contributed by atoms with Crippen molar-refractivity contribution < 1.29 is 33.4 Å². The summed E-state index contributed by atoms with van der Waals surface area (Å²) in [6.07, 6.45) is 2.38. The zero-order chi connectivity index (χ0) is 25.3. The van der Waals surface area contributed by atoms with Crippen LogP contribution in [-0.4, -0.2) is 66.1 Å². The highest BCUT2D eigenvalue weighted by Crippen LogP contribution is 2.46. The molecule has 3 aliphatic rings. The van der Waals surface area contributed by atoms with Crippen LogP contribution in [0.15, 0.2) is 11.3 Å². The minimum atomic E-state index is -1.02. The number of esters is 2. The predicted molar refractivity (Wildman–Crippen MR) is 120 cm³/mol. The topological polar surface area (TPSA) is 143 Å². The van der Waals surface area contributed by atoms with Crippen LogP contribution in [0.5, 0.6) is 0 Å². The number of carbonyl (C=O) groups excluding carboxylic acids is 5. The molecule has 3 unspecified atom stereocenters. The van der Waals surface area contributed by atoms with Crippen molar-refractivity contribution in [3.05, 3.63) is 11.3 Å². The highest BCUT2D eigenvalue weighted by molar-refractivity contribution is 6.08. The molecule has 3 N–H and O–H groups in total. The van der Waals surface area contributed by atoms with Crippen molar-refractivity contribution in [2.45, 2.75) is 71.9 Å². The molecule has 34 heavy (non-hydrogen) atoms. The van der Waals surface area contributed by atoms with Gasteiger partial charge in [-0.2, -0.15) is 0 Å². The normalized spacial score (nSPS) is 28.4. The number of rotatable bonds is 7. The molecule has 2 aliphatic heterocycles. The van der Waals surface area contributed by atoms with Crippen molar-refractivity contribution in [1.82, 2.24) is 20.9 Å². The van der Waals surface area contributed by atoms with E-state index in [1.54, 1.807) is 13.8 Å². The van der Waals surface area contributed by atoms with E-state index in [4.69, 9.17) is 9.47 Å². The van der Waals surface area contributed by atoms with Crippen molar-refractivity contribution in [2.24, 2.45) is 11.3 Å². The van der Waals surface area contributed by atoms with E-state index in [2.05, 4.69) is 29.8 Å². The third kappa shape index (κ3) is 5.18. The van der Waals surface area contributed by atoms with E-state index in [0.717, 1.165) is 11.3 Å². The number of ether oxygens (including phenoxy) is 2. The summed E-state index contributed by atoms with van der Waals surface area (Å²) in [4.78, 5) is 63.7. The summed E-state index contributed by atoms with van der Waals surface area (Å²) in [5, 5.41) is 7.94. The molecule has 2 fully saturated rings. The molecule has 3 rings (SSSR count). The monoisotopic (exact) mass is 478 g/mol. The van der Waals surface area contributed by atoms with E-state index >= 15 is 0 Å². The molecule has 1 saturated carbocycles. The minimum absolute atomic E-state index is 0.110. The molecule has 2 heterocycles. The van der Waals surface area contributed by atoms with Gasteiger partial charge in [0.25, 0.3) is 5.91 Å². The Morgan fingerprint density at radius 2 is 1.82 bits per heavy atom. The number of nitrogens with zero attached hydrogens (tertiary/aromatic N) is 1. The SMILES string of the molecule is CCOC(=O)C1=C(COC(=O)CN2C(=O)NC3(CC(C)CC(C)(C)C3)C2=O)NC(=O)NC1CC. The van der Waals surface area contributed by atoms with Gasteiger partial charge in [-0.1, -0.05) is 27.7 Å². The minimum Gasteiger partial charge on any atom is -0.463 e. The average Bonchev–Trinajstić information content (AvgIpc) is 2.93. The first-order valence-corrected chi connectivity index (χ1v) is 11.7. The molecular weight excluding hydrogens is 444 g/mol. The van der Waals surface area contributed by atoms with Crippen LogP contribution < -0.4 is 16.0 Å². The van der Waals surface area contributed by atoms with Crippen molar-refractivity contribution >= 4 is 29.9 Å². The van der Waals surface area contributed by atoms with Gasteiger partial charge in [-0.25, -0.2) is 14.4 Å². The van der Waals surface area contributed by atoms with Crippen LogP contribution in [-0.2, 0) is 23.9 Å². The van der Waals surface area contributed by atoms with Gasteiger partial charge >= 0.3 is 24.0 Å². The summed E-state index contributed by atoms with van der Waals surface area (Å²) in [6, 6.07) is -1.75.